The van der Waals surface area contributed by atoms with Gasteiger partial charge in [-0.1, -0.05) is 84.8 Å². The number of unbranched alkanes of at least 4 members (excludes halogenated alkanes) is 7. The maximum atomic E-state index is 15.7. The molecule has 8 rings (SSSR count). The lowest BCUT2D eigenvalue weighted by Gasteiger charge is -2.71. The number of rotatable bonds is 20. The summed E-state index contributed by atoms with van der Waals surface area (Å²) in [4.78, 5) is 40.1. The summed E-state index contributed by atoms with van der Waals surface area (Å²) in [6.07, 6.45) is -8.54. The molecule has 24 atom stereocenters. The summed E-state index contributed by atoms with van der Waals surface area (Å²) < 4.78 is 42.7. The molecule has 5 aliphatic carbocycles. The molecule has 458 valence electrons. The second-order valence-corrected chi connectivity index (χ2v) is 27.0. The van der Waals surface area contributed by atoms with Gasteiger partial charge < -0.3 is 89.5 Å². The van der Waals surface area contributed by atoms with E-state index in [4.69, 9.17) is 38.3 Å². The molecule has 4 saturated carbocycles. The first kappa shape index (κ1) is 63.6. The molecule has 0 bridgehead atoms. The van der Waals surface area contributed by atoms with Crippen LogP contribution in [0, 0.1) is 44.8 Å². The molecule has 3 aliphatic heterocycles. The Morgan fingerprint density at radius 3 is 1.98 bits per heavy atom. The Labute approximate surface area is 471 Å². The predicted octanol–water partition coefficient (Wildman–Crippen LogP) is 3.27. The zero-order valence-corrected chi connectivity index (χ0v) is 48.5. The van der Waals surface area contributed by atoms with E-state index in [0.717, 1.165) is 69.8 Å². The van der Waals surface area contributed by atoms with Crippen LogP contribution >= 0.6 is 0 Å². The van der Waals surface area contributed by atoms with Crippen LogP contribution in [0.4, 0.5) is 0 Å². The van der Waals surface area contributed by atoms with Gasteiger partial charge in [0, 0.05) is 20.0 Å². The van der Waals surface area contributed by atoms with E-state index >= 15 is 4.79 Å². The summed E-state index contributed by atoms with van der Waals surface area (Å²) in [5.74, 6) is -2.28. The number of nitrogens with one attached hydrogen (secondary N) is 1. The van der Waals surface area contributed by atoms with Gasteiger partial charge in [0.2, 0.25) is 12.2 Å². The van der Waals surface area contributed by atoms with Crippen molar-refractivity contribution in [3.05, 3.63) is 11.6 Å². The fraction of sp³-hybridized carbons (Fsp3) is 0.915. The Morgan fingerprint density at radius 2 is 1.32 bits per heavy atom. The van der Waals surface area contributed by atoms with Gasteiger partial charge in [0.25, 0.3) is 0 Å². The van der Waals surface area contributed by atoms with E-state index in [1.165, 1.54) is 6.92 Å². The number of amides is 1. The molecule has 11 unspecified atom stereocenters. The third-order valence-electron chi connectivity index (χ3n) is 21.9. The number of methoxy groups -OCH3 is 1. The number of carboxylic acids is 1. The van der Waals surface area contributed by atoms with Crippen LogP contribution in [0.15, 0.2) is 11.6 Å². The SMILES string of the molecule is CO[C@]1(C)[C@@H]2CC[C@@]3(C)C(CC=C4C5CC(C)(C)CC[C@]5(C(=O)O[C@@H]5OC(CO)[C@H](NC(=O)CCCCCCCCCCC(=O)O)C(O)C5O[C@@H]5O[C@H](C)[C@H](O[C@@H]6OC[C@@H](O)C(O)C6O)C(O)C5O)C(O)C[C@]43C)C2(C)CC[C@@H]1O. The highest BCUT2D eigenvalue weighted by atomic mass is 16.8. The molecule has 0 aromatic rings. The predicted molar refractivity (Wildman–Crippen MR) is 286 cm³/mol. The van der Waals surface area contributed by atoms with Crippen LogP contribution in [-0.4, -0.2) is 193 Å². The monoisotopic (exact) mass is 1140 g/mol. The largest absolute Gasteiger partial charge is 0.481 e. The number of carboxylic acid groups (broad SMARTS) is 1. The number of carbonyl (C=O) groups is 3. The van der Waals surface area contributed by atoms with Crippen LogP contribution in [0.3, 0.4) is 0 Å². The zero-order valence-electron chi connectivity index (χ0n) is 48.5. The second-order valence-electron chi connectivity index (χ2n) is 27.0. The molecule has 0 aromatic heterocycles. The van der Waals surface area contributed by atoms with E-state index in [9.17, 15) is 55.5 Å². The minimum absolute atomic E-state index is 0.0665. The Kier molecular flexibility index (Phi) is 19.8. The van der Waals surface area contributed by atoms with Crippen molar-refractivity contribution in [2.45, 2.75) is 274 Å². The zero-order chi connectivity index (χ0) is 58.5. The summed E-state index contributed by atoms with van der Waals surface area (Å²) in [7, 11) is 1.69. The molecule has 11 N–H and O–H groups in total. The lowest BCUT2D eigenvalue weighted by molar-refractivity contribution is -0.370. The van der Waals surface area contributed by atoms with Gasteiger partial charge in [-0.15, -0.1) is 0 Å². The van der Waals surface area contributed by atoms with Crippen molar-refractivity contribution < 1.29 is 98.6 Å². The molecule has 3 saturated heterocycles. The molecular weight excluding hydrogens is 1040 g/mol. The van der Waals surface area contributed by atoms with Crippen molar-refractivity contribution in [1.29, 1.82) is 0 Å². The van der Waals surface area contributed by atoms with Gasteiger partial charge in [-0.25, -0.2) is 0 Å². The van der Waals surface area contributed by atoms with Crippen molar-refractivity contribution in [2.75, 3.05) is 20.3 Å². The molecule has 21 heteroatoms. The van der Waals surface area contributed by atoms with Gasteiger partial charge in [0.15, 0.2) is 18.7 Å². The fourth-order valence-electron chi connectivity index (χ4n) is 16.7. The molecule has 7 fully saturated rings. The highest BCUT2D eigenvalue weighted by Crippen LogP contribution is 2.75. The fourth-order valence-corrected chi connectivity index (χ4v) is 16.7. The van der Waals surface area contributed by atoms with Crippen molar-refractivity contribution in [1.82, 2.24) is 5.32 Å². The number of fused-ring (bicyclic) bond motifs is 7. The van der Waals surface area contributed by atoms with Gasteiger partial charge in [0.05, 0.1) is 43.2 Å². The highest BCUT2D eigenvalue weighted by molar-refractivity contribution is 5.80. The van der Waals surface area contributed by atoms with Crippen LogP contribution in [0.25, 0.3) is 0 Å². The standard InChI is InChI=1S/C59H97NO20/c1-31-48(78-50-46(71)43(68)34(62)30-75-50)45(70)47(72)51(76-31)79-49-44(69)42(60-40(65)17-15-13-11-9-10-12-14-16-18-41(66)67)35(29-61)77-52(49)80-53(73)59-26-25-54(2,3)27-33(59)32-19-20-36-55(4)23-22-38(63)58(7,74-8)37(55)21-24-56(36,5)57(32,6)28-39(59)64/h19,31,33-39,42-52,61-64,68-72H,9-18,20-30H2,1-8H3,(H,60,65)(H,66,67)/t31-,33?,34-,35?,36?,37-,38+,39?,42+,43?,44?,45?,46?,47?,48+,49?,50+,51+,52+,55?,56+,57-,58-,59-/m1/s1. The summed E-state index contributed by atoms with van der Waals surface area (Å²) in [6.45, 7) is 13.7. The molecule has 0 aromatic carbocycles. The smallest absolute Gasteiger partial charge is 0.317 e. The molecular formula is C59H97NO20. The molecule has 21 nitrogen and oxygen atoms in total. The third kappa shape index (κ3) is 11.7. The maximum absolute atomic E-state index is 15.7. The van der Waals surface area contributed by atoms with Crippen LogP contribution in [-0.2, 0) is 47.5 Å². The summed E-state index contributed by atoms with van der Waals surface area (Å²) in [5.41, 5.74) is -2.41. The molecule has 80 heavy (non-hydrogen) atoms. The van der Waals surface area contributed by atoms with Crippen LogP contribution in [0.2, 0.25) is 0 Å². The van der Waals surface area contributed by atoms with Gasteiger partial charge in [-0.3, -0.25) is 14.4 Å². The Morgan fingerprint density at radius 1 is 0.688 bits per heavy atom. The molecule has 1 amide bonds. The number of esters is 1. The number of allylic oxidation sites excluding steroid dienone is 2. The van der Waals surface area contributed by atoms with Gasteiger partial charge in [-0.2, -0.15) is 0 Å². The molecule has 8 aliphatic rings. The van der Waals surface area contributed by atoms with Crippen molar-refractivity contribution >= 4 is 17.8 Å². The number of hydrogen-bond acceptors (Lipinski definition) is 19. The van der Waals surface area contributed by atoms with Crippen LogP contribution in [0.5, 0.6) is 0 Å². The van der Waals surface area contributed by atoms with E-state index < -0.39 is 152 Å². The van der Waals surface area contributed by atoms with Gasteiger partial charge >= 0.3 is 11.9 Å². The minimum Gasteiger partial charge on any atom is -0.481 e. The van der Waals surface area contributed by atoms with E-state index in [2.05, 4.69) is 46.0 Å². The van der Waals surface area contributed by atoms with Crippen LogP contribution in [0.1, 0.15) is 170 Å². The first-order chi connectivity index (χ1) is 37.6. The topological polar surface area (TPSA) is 330 Å². The third-order valence-corrected chi connectivity index (χ3v) is 21.9. The van der Waals surface area contributed by atoms with Gasteiger partial charge in [0.1, 0.15) is 54.2 Å². The first-order valence-electron chi connectivity index (χ1n) is 29.9. The normalized spacial score (nSPS) is 47.1. The number of aliphatic hydroxyl groups is 9. The maximum Gasteiger partial charge on any atom is 0.317 e. The van der Waals surface area contributed by atoms with E-state index in [1.54, 1.807) is 7.11 Å². The molecule has 0 radical (unpaired) electrons. The Bertz CT molecular complexity index is 2180. The number of carbonyl (C=O) groups excluding carboxylic acids is 2. The lowest BCUT2D eigenvalue weighted by Crippen LogP contribution is -2.70. The van der Waals surface area contributed by atoms with Crippen LogP contribution < -0.4 is 5.32 Å². The summed E-state index contributed by atoms with van der Waals surface area (Å²) >= 11 is 0. The average Bonchev–Trinajstić information content (AvgIpc) is 3.49. The number of hydrogen-bond donors (Lipinski definition) is 11. The van der Waals surface area contributed by atoms with Crippen molar-refractivity contribution in [3.8, 4) is 0 Å². The summed E-state index contributed by atoms with van der Waals surface area (Å²) in [5, 5.41) is 113. The number of ether oxygens (including phenoxy) is 7. The Balaban J connectivity index is 1.04. The summed E-state index contributed by atoms with van der Waals surface area (Å²) in [6, 6.07) is -1.35. The van der Waals surface area contributed by atoms with E-state index in [0.29, 0.717) is 32.1 Å². The first-order valence-corrected chi connectivity index (χ1v) is 29.9. The number of aliphatic carboxylic acids is 1. The van der Waals surface area contributed by atoms with Crippen molar-refractivity contribution in [3.63, 3.8) is 0 Å². The van der Waals surface area contributed by atoms with E-state index in [-0.39, 0.29) is 53.8 Å². The lowest BCUT2D eigenvalue weighted by atomic mass is 9.34. The molecule has 3 heterocycles. The van der Waals surface area contributed by atoms with E-state index in [1.807, 2.05) is 6.92 Å². The second kappa shape index (κ2) is 24.9. The highest BCUT2D eigenvalue weighted by Gasteiger charge is 2.72. The van der Waals surface area contributed by atoms with Crippen molar-refractivity contribution in [2.24, 2.45) is 44.8 Å². The quantitative estimate of drug-likeness (QED) is 0.0473. The molecule has 0 spiro atoms. The number of aliphatic hydroxyl groups excluding tert-OH is 9. The minimum atomic E-state index is -1.94. The van der Waals surface area contributed by atoms with Gasteiger partial charge in [-0.05, 0) is 124 Å². The average molecular weight is 1140 g/mol. The Hall–Kier alpha value is -2.45.